The summed E-state index contributed by atoms with van der Waals surface area (Å²) in [4.78, 5) is 0. The van der Waals surface area contributed by atoms with Crippen molar-refractivity contribution in [1.82, 2.24) is 0 Å². The maximum Gasteiger partial charge on any atom is 0.264 e. The number of hydrogen-bond acceptors (Lipinski definition) is 2. The molecule has 0 spiro atoms. The first kappa shape index (κ1) is 17.9. The number of allylic oxidation sites excluding steroid dienone is 1. The Labute approximate surface area is 126 Å². The van der Waals surface area contributed by atoms with Crippen molar-refractivity contribution >= 4 is 16.2 Å². The molecule has 1 aromatic rings. The Hall–Kier alpha value is -1.20. The summed E-state index contributed by atoms with van der Waals surface area (Å²) in [6, 6.07) is 6.30. The molecule has 1 unspecified atom stereocenters. The molecule has 0 saturated heterocycles. The van der Waals surface area contributed by atoms with Crippen LogP contribution in [0.1, 0.15) is 38.7 Å². The number of hydrogen-bond donors (Lipinski definition) is 1. The second kappa shape index (κ2) is 8.29. The van der Waals surface area contributed by atoms with Crippen LogP contribution in [0.2, 0.25) is 0 Å². The number of rotatable bonds is 8. The zero-order chi connectivity index (χ0) is 15.9. The predicted octanol–water partition coefficient (Wildman–Crippen LogP) is 4.17. The normalized spacial score (nSPS) is 14.0. The van der Waals surface area contributed by atoms with Gasteiger partial charge in [0.2, 0.25) is 0 Å². The molecular formula is C16H23FO3S. The van der Waals surface area contributed by atoms with Gasteiger partial charge in [0.15, 0.2) is 0 Å². The molecule has 0 fully saturated rings. The maximum atomic E-state index is 12.8. The minimum absolute atomic E-state index is 0.181. The summed E-state index contributed by atoms with van der Waals surface area (Å²) in [5.74, 6) is 0.334. The number of halogens is 1. The number of unbranched alkanes of at least 4 members (excludes halogenated alkanes) is 1. The summed E-state index contributed by atoms with van der Waals surface area (Å²) in [6.07, 6.45) is 6.13. The Morgan fingerprint density at radius 2 is 1.81 bits per heavy atom. The molecular weight excluding hydrogens is 291 g/mol. The zero-order valence-corrected chi connectivity index (χ0v) is 13.3. The lowest BCUT2D eigenvalue weighted by Gasteiger charge is -2.16. The molecule has 0 aliphatic heterocycles. The third-order valence-electron chi connectivity index (χ3n) is 3.45. The maximum absolute atomic E-state index is 12.8. The van der Waals surface area contributed by atoms with Gasteiger partial charge < -0.3 is 0 Å². The highest BCUT2D eigenvalue weighted by molar-refractivity contribution is 7.85. The molecule has 1 aromatic carbocycles. The second-order valence-corrected chi connectivity index (χ2v) is 7.17. The van der Waals surface area contributed by atoms with Crippen molar-refractivity contribution in [3.05, 3.63) is 41.7 Å². The van der Waals surface area contributed by atoms with Crippen molar-refractivity contribution in [3.63, 3.8) is 0 Å². The van der Waals surface area contributed by atoms with E-state index in [1.54, 1.807) is 12.1 Å². The van der Waals surface area contributed by atoms with E-state index in [0.717, 1.165) is 18.4 Å². The van der Waals surface area contributed by atoms with E-state index in [9.17, 15) is 12.8 Å². The van der Waals surface area contributed by atoms with Crippen molar-refractivity contribution < 1.29 is 17.4 Å². The van der Waals surface area contributed by atoms with E-state index in [1.165, 1.54) is 12.1 Å². The molecule has 3 nitrogen and oxygen atoms in total. The van der Waals surface area contributed by atoms with Crippen molar-refractivity contribution in [2.45, 2.75) is 33.1 Å². The zero-order valence-electron chi connectivity index (χ0n) is 12.5. The molecule has 1 rings (SSSR count). The van der Waals surface area contributed by atoms with Crippen LogP contribution in [0.15, 0.2) is 30.3 Å². The first-order valence-electron chi connectivity index (χ1n) is 7.17. The first-order chi connectivity index (χ1) is 9.78. The SMILES string of the molecule is CC(C)C(C=Cc1ccc(F)cc1)CCCCS(=O)(=O)O. The van der Waals surface area contributed by atoms with Crippen LogP contribution in [0.5, 0.6) is 0 Å². The average Bonchev–Trinajstić information content (AvgIpc) is 2.38. The fourth-order valence-electron chi connectivity index (χ4n) is 2.12. The molecule has 5 heteroatoms. The van der Waals surface area contributed by atoms with E-state index >= 15 is 0 Å². The van der Waals surface area contributed by atoms with Crippen LogP contribution in [0.3, 0.4) is 0 Å². The van der Waals surface area contributed by atoms with E-state index in [4.69, 9.17) is 4.55 Å². The lowest BCUT2D eigenvalue weighted by Crippen LogP contribution is -2.08. The van der Waals surface area contributed by atoms with E-state index < -0.39 is 10.1 Å². The lowest BCUT2D eigenvalue weighted by molar-refractivity contribution is 0.421. The quantitative estimate of drug-likeness (QED) is 0.579. The van der Waals surface area contributed by atoms with Crippen LogP contribution in [-0.2, 0) is 10.1 Å². The van der Waals surface area contributed by atoms with E-state index in [1.807, 2.05) is 6.08 Å². The topological polar surface area (TPSA) is 54.4 Å². The molecule has 0 radical (unpaired) electrons. The molecule has 0 aliphatic carbocycles. The molecule has 0 aromatic heterocycles. The van der Waals surface area contributed by atoms with Crippen LogP contribution in [0.4, 0.5) is 4.39 Å². The summed E-state index contributed by atoms with van der Waals surface area (Å²) < 4.78 is 42.8. The van der Waals surface area contributed by atoms with Crippen LogP contribution >= 0.6 is 0 Å². The second-order valence-electron chi connectivity index (χ2n) is 5.60. The van der Waals surface area contributed by atoms with Crippen molar-refractivity contribution in [1.29, 1.82) is 0 Å². The molecule has 0 aliphatic rings. The average molecular weight is 314 g/mol. The van der Waals surface area contributed by atoms with Gasteiger partial charge in [0, 0.05) is 0 Å². The van der Waals surface area contributed by atoms with E-state index in [0.29, 0.717) is 18.3 Å². The summed E-state index contributed by atoms with van der Waals surface area (Å²) in [7, 11) is -3.86. The van der Waals surface area contributed by atoms with Gasteiger partial charge in [-0.05, 0) is 42.4 Å². The summed E-state index contributed by atoms with van der Waals surface area (Å²) in [5, 5.41) is 0. The number of benzene rings is 1. The highest BCUT2D eigenvalue weighted by Crippen LogP contribution is 2.21. The van der Waals surface area contributed by atoms with Gasteiger partial charge in [-0.2, -0.15) is 8.42 Å². The van der Waals surface area contributed by atoms with Gasteiger partial charge in [-0.25, -0.2) is 4.39 Å². The highest BCUT2D eigenvalue weighted by atomic mass is 32.2. The molecule has 118 valence electrons. The molecule has 0 bridgehead atoms. The van der Waals surface area contributed by atoms with Crippen LogP contribution in [-0.4, -0.2) is 18.7 Å². The predicted molar refractivity (Wildman–Crippen MR) is 84.0 cm³/mol. The monoisotopic (exact) mass is 314 g/mol. The molecule has 1 atom stereocenters. The fraction of sp³-hybridized carbons (Fsp3) is 0.500. The summed E-state index contributed by atoms with van der Waals surface area (Å²) in [6.45, 7) is 4.23. The van der Waals surface area contributed by atoms with E-state index in [2.05, 4.69) is 19.9 Å². The third-order valence-corrected chi connectivity index (χ3v) is 4.26. The van der Waals surface area contributed by atoms with Crippen LogP contribution in [0.25, 0.3) is 6.08 Å². The molecule has 21 heavy (non-hydrogen) atoms. The van der Waals surface area contributed by atoms with Gasteiger partial charge in [0.1, 0.15) is 5.82 Å². The van der Waals surface area contributed by atoms with Crippen molar-refractivity contribution in [3.8, 4) is 0 Å². The van der Waals surface area contributed by atoms with Crippen molar-refractivity contribution in [2.75, 3.05) is 5.75 Å². The van der Waals surface area contributed by atoms with Gasteiger partial charge in [0.25, 0.3) is 10.1 Å². The van der Waals surface area contributed by atoms with Gasteiger partial charge in [0.05, 0.1) is 5.75 Å². The van der Waals surface area contributed by atoms with Crippen molar-refractivity contribution in [2.24, 2.45) is 11.8 Å². The van der Waals surface area contributed by atoms with Crippen LogP contribution < -0.4 is 0 Å². The third kappa shape index (κ3) is 7.97. The summed E-state index contributed by atoms with van der Waals surface area (Å²) >= 11 is 0. The van der Waals surface area contributed by atoms with E-state index in [-0.39, 0.29) is 11.6 Å². The molecule has 0 heterocycles. The molecule has 1 N–H and O–H groups in total. The largest absolute Gasteiger partial charge is 0.286 e. The minimum atomic E-state index is -3.86. The fourth-order valence-corrected chi connectivity index (χ4v) is 2.69. The Morgan fingerprint density at radius 1 is 1.19 bits per heavy atom. The molecule has 0 amide bonds. The van der Waals surface area contributed by atoms with Gasteiger partial charge in [-0.1, -0.05) is 44.6 Å². The van der Waals surface area contributed by atoms with Gasteiger partial charge in [-0.15, -0.1) is 0 Å². The smallest absolute Gasteiger partial charge is 0.264 e. The van der Waals surface area contributed by atoms with Crippen LogP contribution in [0, 0.1) is 17.7 Å². The Bertz CT molecular complexity index is 547. The Kier molecular flexibility index (Phi) is 7.05. The Morgan fingerprint density at radius 3 is 2.33 bits per heavy atom. The first-order valence-corrected chi connectivity index (χ1v) is 8.78. The summed E-state index contributed by atoms with van der Waals surface area (Å²) in [5.41, 5.74) is 0.944. The minimum Gasteiger partial charge on any atom is -0.286 e. The standard InChI is InChI=1S/C16H23FO3S/c1-13(2)15(5-3-4-12-21(18,19)20)9-6-14-7-10-16(17)11-8-14/h6-11,13,15H,3-5,12H2,1-2H3,(H,18,19,20). The Balaban J connectivity index is 2.51. The van der Waals surface area contributed by atoms with Gasteiger partial charge >= 0.3 is 0 Å². The highest BCUT2D eigenvalue weighted by Gasteiger charge is 2.11. The molecule has 0 saturated carbocycles. The van der Waals surface area contributed by atoms with Gasteiger partial charge in [-0.3, -0.25) is 4.55 Å². The lowest BCUT2D eigenvalue weighted by atomic mass is 9.90.